The number of fused-ring (bicyclic) bond motifs is 2. The average molecular weight is 340 g/mol. The van der Waals surface area contributed by atoms with Crippen LogP contribution in [-0.4, -0.2) is 33.7 Å². The summed E-state index contributed by atoms with van der Waals surface area (Å²) >= 11 is 0. The lowest BCUT2D eigenvalue weighted by atomic mass is 9.75. The summed E-state index contributed by atoms with van der Waals surface area (Å²) in [6.07, 6.45) is -0.286. The standard InChI is InChI=1S/C19H16O6/c1-6-5-8(20)10-11-9(6)18-13(19(3,4)7(2)25-18)14(21)12(11)16(23)17(24)15(10)22/h5,7,20-21H,1-4H3/t7-/m1/s1. The number of phenols is 2. The molecule has 4 rings (SSSR count). The summed E-state index contributed by atoms with van der Waals surface area (Å²) < 4.78 is 5.96. The first-order valence-electron chi connectivity index (χ1n) is 7.94. The maximum Gasteiger partial charge on any atom is 0.274 e. The summed E-state index contributed by atoms with van der Waals surface area (Å²) in [5.41, 5.74) is -0.0388. The summed E-state index contributed by atoms with van der Waals surface area (Å²) in [5, 5.41) is 21.6. The van der Waals surface area contributed by atoms with Gasteiger partial charge in [0.05, 0.1) is 11.1 Å². The van der Waals surface area contributed by atoms with E-state index in [4.69, 9.17) is 4.74 Å². The monoisotopic (exact) mass is 340 g/mol. The van der Waals surface area contributed by atoms with E-state index in [0.29, 0.717) is 22.3 Å². The van der Waals surface area contributed by atoms with Gasteiger partial charge in [-0.1, -0.05) is 13.8 Å². The fourth-order valence-corrected chi connectivity index (χ4v) is 3.84. The Balaban J connectivity index is 2.34. The number of ketones is 3. The molecule has 6 nitrogen and oxygen atoms in total. The van der Waals surface area contributed by atoms with E-state index < -0.39 is 22.8 Å². The van der Waals surface area contributed by atoms with Gasteiger partial charge >= 0.3 is 0 Å². The first kappa shape index (κ1) is 15.6. The third-order valence-corrected chi connectivity index (χ3v) is 5.50. The van der Waals surface area contributed by atoms with Crippen molar-refractivity contribution in [3.63, 3.8) is 0 Å². The number of ether oxygens (including phenoxy) is 1. The average Bonchev–Trinajstić information content (AvgIpc) is 2.74. The van der Waals surface area contributed by atoms with Crippen molar-refractivity contribution in [3.8, 4) is 17.2 Å². The predicted molar refractivity (Wildman–Crippen MR) is 88.8 cm³/mol. The van der Waals surface area contributed by atoms with Crippen molar-refractivity contribution in [3.05, 3.63) is 28.3 Å². The third-order valence-electron chi connectivity index (χ3n) is 5.50. The summed E-state index contributed by atoms with van der Waals surface area (Å²) in [6.45, 7) is 7.31. The maximum atomic E-state index is 12.5. The highest BCUT2D eigenvalue weighted by Crippen LogP contribution is 2.55. The van der Waals surface area contributed by atoms with Crippen molar-refractivity contribution in [1.82, 2.24) is 0 Å². The Morgan fingerprint density at radius 1 is 1.00 bits per heavy atom. The number of hydrogen-bond donors (Lipinski definition) is 2. The van der Waals surface area contributed by atoms with Crippen LogP contribution in [0.3, 0.4) is 0 Å². The Hall–Kier alpha value is -2.89. The number of carbonyl (C=O) groups is 3. The van der Waals surface area contributed by atoms with E-state index in [1.807, 2.05) is 20.8 Å². The van der Waals surface area contributed by atoms with Gasteiger partial charge in [-0.15, -0.1) is 0 Å². The molecule has 0 spiro atoms. The van der Waals surface area contributed by atoms with Crippen LogP contribution < -0.4 is 4.74 Å². The SMILES string of the molecule is Cc1cc(O)c2c3c(c(O)c4c(c13)O[C@H](C)C4(C)C)C(=O)C(=O)C2=O. The molecule has 0 bridgehead atoms. The lowest BCUT2D eigenvalue weighted by Crippen LogP contribution is -2.31. The lowest BCUT2D eigenvalue weighted by Gasteiger charge is -2.25. The molecular weight excluding hydrogens is 324 g/mol. The summed E-state index contributed by atoms with van der Waals surface area (Å²) in [6, 6.07) is 1.37. The van der Waals surface area contributed by atoms with Gasteiger partial charge in [-0.05, 0) is 25.5 Å². The van der Waals surface area contributed by atoms with Crippen molar-refractivity contribution in [2.75, 3.05) is 0 Å². The normalized spacial score (nSPS) is 20.8. The van der Waals surface area contributed by atoms with Crippen molar-refractivity contribution >= 4 is 28.1 Å². The van der Waals surface area contributed by atoms with Crippen molar-refractivity contribution in [2.24, 2.45) is 0 Å². The van der Waals surface area contributed by atoms with Crippen molar-refractivity contribution < 1.29 is 29.3 Å². The van der Waals surface area contributed by atoms with Gasteiger partial charge in [0.15, 0.2) is 0 Å². The van der Waals surface area contributed by atoms with Crippen LogP contribution >= 0.6 is 0 Å². The number of Topliss-reactive ketones (excluding diaryl/α,β-unsaturated/α-hetero) is 3. The minimum absolute atomic E-state index is 0.0910. The molecule has 0 unspecified atom stereocenters. The van der Waals surface area contributed by atoms with E-state index in [9.17, 15) is 24.6 Å². The molecule has 0 saturated carbocycles. The molecule has 1 heterocycles. The zero-order valence-electron chi connectivity index (χ0n) is 14.2. The van der Waals surface area contributed by atoms with Crippen LogP contribution in [-0.2, 0) is 10.2 Å². The molecule has 128 valence electrons. The zero-order chi connectivity index (χ0) is 18.4. The topological polar surface area (TPSA) is 101 Å². The molecule has 1 atom stereocenters. The van der Waals surface area contributed by atoms with Gasteiger partial charge in [-0.2, -0.15) is 0 Å². The summed E-state index contributed by atoms with van der Waals surface area (Å²) in [7, 11) is 0. The zero-order valence-corrected chi connectivity index (χ0v) is 14.2. The molecule has 25 heavy (non-hydrogen) atoms. The quantitative estimate of drug-likeness (QED) is 0.715. The number of phenolic OH excluding ortho intramolecular Hbond substituents is 2. The molecular formula is C19H16O6. The molecule has 2 aromatic rings. The van der Waals surface area contributed by atoms with E-state index >= 15 is 0 Å². The van der Waals surface area contributed by atoms with Crippen LogP contribution in [0.1, 0.15) is 52.6 Å². The first-order chi connectivity index (χ1) is 11.6. The largest absolute Gasteiger partial charge is 0.507 e. The molecule has 1 aliphatic carbocycles. The fourth-order valence-electron chi connectivity index (χ4n) is 3.84. The van der Waals surface area contributed by atoms with Gasteiger partial charge in [0.25, 0.3) is 5.78 Å². The van der Waals surface area contributed by atoms with Crippen molar-refractivity contribution in [1.29, 1.82) is 0 Å². The van der Waals surface area contributed by atoms with Crippen LogP contribution in [0.25, 0.3) is 10.8 Å². The highest BCUT2D eigenvalue weighted by atomic mass is 16.5. The van der Waals surface area contributed by atoms with Gasteiger partial charge in [0, 0.05) is 21.8 Å². The molecule has 2 aromatic carbocycles. The van der Waals surface area contributed by atoms with Crippen molar-refractivity contribution in [2.45, 2.75) is 39.2 Å². The number of carbonyl (C=O) groups excluding carboxylic acids is 3. The number of rotatable bonds is 0. The molecule has 0 aromatic heterocycles. The second-order valence-electron chi connectivity index (χ2n) is 7.23. The lowest BCUT2D eigenvalue weighted by molar-refractivity contribution is -0.111. The Morgan fingerprint density at radius 2 is 1.60 bits per heavy atom. The highest BCUT2D eigenvalue weighted by Gasteiger charge is 2.48. The maximum absolute atomic E-state index is 12.5. The minimum Gasteiger partial charge on any atom is -0.507 e. The molecule has 2 N–H and O–H groups in total. The van der Waals surface area contributed by atoms with Gasteiger partial charge in [0.1, 0.15) is 23.4 Å². The first-order valence-corrected chi connectivity index (χ1v) is 7.94. The summed E-state index contributed by atoms with van der Waals surface area (Å²) in [5.74, 6) is -3.72. The number of benzene rings is 2. The second-order valence-corrected chi connectivity index (χ2v) is 7.23. The molecule has 1 aliphatic heterocycles. The van der Waals surface area contributed by atoms with E-state index in [0.717, 1.165) is 0 Å². The highest BCUT2D eigenvalue weighted by molar-refractivity contribution is 6.74. The molecule has 0 amide bonds. The Morgan fingerprint density at radius 3 is 2.24 bits per heavy atom. The van der Waals surface area contributed by atoms with Crippen LogP contribution in [0.15, 0.2) is 6.07 Å². The predicted octanol–water partition coefficient (Wildman–Crippen LogP) is 2.57. The van der Waals surface area contributed by atoms with E-state index in [2.05, 4.69) is 0 Å². The minimum atomic E-state index is -1.26. The van der Waals surface area contributed by atoms with Crippen LogP contribution in [0.2, 0.25) is 0 Å². The van der Waals surface area contributed by atoms with Crippen LogP contribution in [0.4, 0.5) is 0 Å². The Bertz CT molecular complexity index is 1040. The molecule has 6 heteroatoms. The van der Waals surface area contributed by atoms with Gasteiger partial charge in [0.2, 0.25) is 11.6 Å². The van der Waals surface area contributed by atoms with Gasteiger partial charge in [-0.3, -0.25) is 14.4 Å². The van der Waals surface area contributed by atoms with Gasteiger partial charge in [-0.25, -0.2) is 0 Å². The number of aryl methyl sites for hydroxylation is 1. The van der Waals surface area contributed by atoms with E-state index in [-0.39, 0.29) is 34.1 Å². The van der Waals surface area contributed by atoms with Crippen LogP contribution in [0, 0.1) is 6.92 Å². The number of hydrogen-bond acceptors (Lipinski definition) is 6. The molecule has 0 fully saturated rings. The van der Waals surface area contributed by atoms with Crippen LogP contribution in [0.5, 0.6) is 17.2 Å². The Labute approximate surface area is 143 Å². The molecule has 2 aliphatic rings. The van der Waals surface area contributed by atoms with E-state index in [1.165, 1.54) is 6.07 Å². The third kappa shape index (κ3) is 1.61. The summed E-state index contributed by atoms with van der Waals surface area (Å²) in [4.78, 5) is 36.9. The Kier molecular flexibility index (Phi) is 2.74. The molecule has 0 saturated heterocycles. The fraction of sp³-hybridized carbons (Fsp3) is 0.316. The smallest absolute Gasteiger partial charge is 0.274 e. The number of aromatic hydroxyl groups is 2. The van der Waals surface area contributed by atoms with Gasteiger partial charge < -0.3 is 14.9 Å². The van der Waals surface area contributed by atoms with E-state index in [1.54, 1.807) is 6.92 Å². The second kappa shape index (κ2) is 4.39. The molecule has 0 radical (unpaired) electrons.